The molecular weight excluding hydrogens is 256 g/mol. The van der Waals surface area contributed by atoms with Crippen LogP contribution in [0.5, 0.6) is 0 Å². The van der Waals surface area contributed by atoms with E-state index < -0.39 is 11.9 Å². The van der Waals surface area contributed by atoms with Gasteiger partial charge in [-0.3, -0.25) is 0 Å². The third-order valence-electron chi connectivity index (χ3n) is 2.40. The van der Waals surface area contributed by atoms with Crippen molar-refractivity contribution >= 4 is 18.0 Å². The molecule has 0 saturated carbocycles. The van der Waals surface area contributed by atoms with Crippen molar-refractivity contribution in [2.75, 3.05) is 0 Å². The Kier molecular flexibility index (Phi) is 5.50. The SMILES string of the molecule is C=Cc1ccc(C(=O)OC(C)C)c(C(=O)OC(C)C)c1. The molecule has 0 unspecified atom stereocenters. The number of hydrogen-bond acceptors (Lipinski definition) is 4. The first-order chi connectivity index (χ1) is 9.35. The summed E-state index contributed by atoms with van der Waals surface area (Å²) in [6.45, 7) is 10.7. The Balaban J connectivity index is 3.19. The lowest BCUT2D eigenvalue weighted by molar-refractivity contribution is 0.0328. The van der Waals surface area contributed by atoms with Crippen LogP contribution in [0.1, 0.15) is 54.0 Å². The summed E-state index contributed by atoms with van der Waals surface area (Å²) in [5.74, 6) is -1.08. The molecule has 0 fully saturated rings. The maximum Gasteiger partial charge on any atom is 0.339 e. The minimum atomic E-state index is -0.542. The molecule has 0 atom stereocenters. The van der Waals surface area contributed by atoms with Crippen molar-refractivity contribution in [2.45, 2.75) is 39.9 Å². The number of benzene rings is 1. The predicted molar refractivity (Wildman–Crippen MR) is 77.6 cm³/mol. The quantitative estimate of drug-likeness (QED) is 0.773. The fourth-order valence-electron chi connectivity index (χ4n) is 1.59. The van der Waals surface area contributed by atoms with E-state index in [2.05, 4.69) is 6.58 Å². The third-order valence-corrected chi connectivity index (χ3v) is 2.40. The summed E-state index contributed by atoms with van der Waals surface area (Å²) in [4.78, 5) is 24.1. The highest BCUT2D eigenvalue weighted by atomic mass is 16.5. The van der Waals surface area contributed by atoms with Gasteiger partial charge in [0, 0.05) is 0 Å². The van der Waals surface area contributed by atoms with Crippen molar-refractivity contribution in [3.63, 3.8) is 0 Å². The topological polar surface area (TPSA) is 52.6 Å². The second-order valence-corrected chi connectivity index (χ2v) is 4.92. The van der Waals surface area contributed by atoms with E-state index >= 15 is 0 Å². The van der Waals surface area contributed by atoms with Gasteiger partial charge in [0.15, 0.2) is 0 Å². The first kappa shape index (κ1) is 16.0. The van der Waals surface area contributed by atoms with E-state index in [0.717, 1.165) is 5.56 Å². The average molecular weight is 276 g/mol. The Morgan fingerprint density at radius 3 is 1.95 bits per heavy atom. The molecule has 0 aliphatic carbocycles. The van der Waals surface area contributed by atoms with Gasteiger partial charge in [-0.15, -0.1) is 0 Å². The lowest BCUT2D eigenvalue weighted by Crippen LogP contribution is -2.19. The third kappa shape index (κ3) is 4.23. The minimum absolute atomic E-state index is 0.196. The fourth-order valence-corrected chi connectivity index (χ4v) is 1.59. The summed E-state index contributed by atoms with van der Waals surface area (Å²) in [6, 6.07) is 4.84. The predicted octanol–water partition coefficient (Wildman–Crippen LogP) is 3.46. The number of hydrogen-bond donors (Lipinski definition) is 0. The Morgan fingerprint density at radius 1 is 1.00 bits per heavy atom. The summed E-state index contributed by atoms with van der Waals surface area (Å²) >= 11 is 0. The van der Waals surface area contributed by atoms with Crippen LogP contribution in [0, 0.1) is 0 Å². The van der Waals surface area contributed by atoms with Gasteiger partial charge in [-0.25, -0.2) is 9.59 Å². The van der Waals surface area contributed by atoms with E-state index in [9.17, 15) is 9.59 Å². The smallest absolute Gasteiger partial charge is 0.339 e. The maximum absolute atomic E-state index is 12.1. The van der Waals surface area contributed by atoms with Crippen LogP contribution in [0.4, 0.5) is 0 Å². The molecule has 4 nitrogen and oxygen atoms in total. The van der Waals surface area contributed by atoms with E-state index in [-0.39, 0.29) is 23.3 Å². The highest BCUT2D eigenvalue weighted by Crippen LogP contribution is 2.17. The molecule has 1 rings (SSSR count). The molecule has 1 aromatic carbocycles. The van der Waals surface area contributed by atoms with Gasteiger partial charge in [-0.05, 0) is 45.4 Å². The summed E-state index contributed by atoms with van der Waals surface area (Å²) in [5.41, 5.74) is 1.14. The van der Waals surface area contributed by atoms with E-state index in [1.54, 1.807) is 52.0 Å². The zero-order valence-electron chi connectivity index (χ0n) is 12.3. The number of rotatable bonds is 5. The van der Waals surface area contributed by atoms with Crippen molar-refractivity contribution in [1.82, 2.24) is 0 Å². The second-order valence-electron chi connectivity index (χ2n) is 4.92. The molecule has 0 aromatic heterocycles. The molecule has 0 N–H and O–H groups in total. The molecule has 108 valence electrons. The van der Waals surface area contributed by atoms with Gasteiger partial charge in [0.2, 0.25) is 0 Å². The molecule has 20 heavy (non-hydrogen) atoms. The van der Waals surface area contributed by atoms with Gasteiger partial charge < -0.3 is 9.47 Å². The van der Waals surface area contributed by atoms with Gasteiger partial charge in [0.1, 0.15) is 0 Å². The summed E-state index contributed by atoms with van der Waals surface area (Å²) in [5, 5.41) is 0. The van der Waals surface area contributed by atoms with Gasteiger partial charge in [0.25, 0.3) is 0 Å². The Morgan fingerprint density at radius 2 is 1.50 bits per heavy atom. The van der Waals surface area contributed by atoms with Crippen LogP contribution in [0.2, 0.25) is 0 Å². The van der Waals surface area contributed by atoms with E-state index in [1.807, 2.05) is 0 Å². The highest BCUT2D eigenvalue weighted by molar-refractivity contribution is 6.03. The lowest BCUT2D eigenvalue weighted by Gasteiger charge is -2.13. The average Bonchev–Trinajstić information content (AvgIpc) is 2.36. The zero-order valence-corrected chi connectivity index (χ0v) is 12.3. The normalized spacial score (nSPS) is 10.5. The molecule has 1 aromatic rings. The largest absolute Gasteiger partial charge is 0.459 e. The Hall–Kier alpha value is -2.10. The fraction of sp³-hybridized carbons (Fsp3) is 0.375. The number of carbonyl (C=O) groups excluding carboxylic acids is 2. The molecule has 0 bridgehead atoms. The van der Waals surface area contributed by atoms with Crippen LogP contribution >= 0.6 is 0 Å². The second kappa shape index (κ2) is 6.89. The number of ether oxygens (including phenoxy) is 2. The Bertz CT molecular complexity index is 515. The molecule has 0 aliphatic rings. The van der Waals surface area contributed by atoms with Crippen molar-refractivity contribution in [1.29, 1.82) is 0 Å². The zero-order chi connectivity index (χ0) is 15.3. The molecule has 0 radical (unpaired) electrons. The van der Waals surface area contributed by atoms with Crippen molar-refractivity contribution in [3.8, 4) is 0 Å². The standard InChI is InChI=1S/C16H20O4/c1-6-12-7-8-13(15(17)19-10(2)3)14(9-12)16(18)20-11(4)5/h6-11H,1H2,2-5H3. The molecule has 0 saturated heterocycles. The molecular formula is C16H20O4. The maximum atomic E-state index is 12.1. The summed E-state index contributed by atoms with van der Waals surface area (Å²) in [7, 11) is 0. The van der Waals surface area contributed by atoms with E-state index in [1.165, 1.54) is 0 Å². The van der Waals surface area contributed by atoms with Crippen molar-refractivity contribution < 1.29 is 19.1 Å². The molecule has 4 heteroatoms. The van der Waals surface area contributed by atoms with Gasteiger partial charge >= 0.3 is 11.9 Å². The molecule has 0 amide bonds. The van der Waals surface area contributed by atoms with Crippen LogP contribution in [0.25, 0.3) is 6.08 Å². The summed E-state index contributed by atoms with van der Waals surface area (Å²) in [6.07, 6.45) is 1.09. The van der Waals surface area contributed by atoms with Crippen LogP contribution in [-0.2, 0) is 9.47 Å². The van der Waals surface area contributed by atoms with Crippen molar-refractivity contribution in [3.05, 3.63) is 41.5 Å². The van der Waals surface area contributed by atoms with Crippen molar-refractivity contribution in [2.24, 2.45) is 0 Å². The number of carbonyl (C=O) groups is 2. The highest BCUT2D eigenvalue weighted by Gasteiger charge is 2.21. The first-order valence-electron chi connectivity index (χ1n) is 6.53. The molecule has 0 spiro atoms. The van der Waals surface area contributed by atoms with Crippen LogP contribution < -0.4 is 0 Å². The monoisotopic (exact) mass is 276 g/mol. The van der Waals surface area contributed by atoms with Crippen LogP contribution in [0.3, 0.4) is 0 Å². The van der Waals surface area contributed by atoms with E-state index in [0.29, 0.717) is 0 Å². The van der Waals surface area contributed by atoms with Gasteiger partial charge in [-0.2, -0.15) is 0 Å². The Labute approximate surface area is 119 Å². The van der Waals surface area contributed by atoms with Crippen LogP contribution in [-0.4, -0.2) is 24.1 Å². The minimum Gasteiger partial charge on any atom is -0.459 e. The van der Waals surface area contributed by atoms with Crippen LogP contribution in [0.15, 0.2) is 24.8 Å². The molecule has 0 aliphatic heterocycles. The summed E-state index contributed by atoms with van der Waals surface area (Å²) < 4.78 is 10.3. The lowest BCUT2D eigenvalue weighted by atomic mass is 10.0. The first-order valence-corrected chi connectivity index (χ1v) is 6.53. The molecule has 0 heterocycles. The number of esters is 2. The van der Waals surface area contributed by atoms with Gasteiger partial charge in [0.05, 0.1) is 23.3 Å². The van der Waals surface area contributed by atoms with Gasteiger partial charge in [-0.1, -0.05) is 18.7 Å². The van der Waals surface area contributed by atoms with E-state index in [4.69, 9.17) is 9.47 Å².